The van der Waals surface area contributed by atoms with E-state index in [1.165, 1.54) is 23.3 Å². The first-order chi connectivity index (χ1) is 10.1. The fraction of sp³-hybridized carbons (Fsp3) is 0.333. The highest BCUT2D eigenvalue weighted by molar-refractivity contribution is 6.31. The summed E-state index contributed by atoms with van der Waals surface area (Å²) in [5.41, 5.74) is 3.46. The van der Waals surface area contributed by atoms with Crippen LogP contribution in [0, 0.1) is 12.7 Å². The Bertz CT molecular complexity index is 598. The van der Waals surface area contributed by atoms with Gasteiger partial charge in [0.2, 0.25) is 0 Å². The summed E-state index contributed by atoms with van der Waals surface area (Å²) in [5, 5.41) is 4.02. The molecule has 0 radical (unpaired) electrons. The van der Waals surface area contributed by atoms with Gasteiger partial charge in [-0.1, -0.05) is 42.8 Å². The largest absolute Gasteiger partial charge is 0.310 e. The smallest absolute Gasteiger partial charge is 0.123 e. The van der Waals surface area contributed by atoms with Gasteiger partial charge in [0.25, 0.3) is 0 Å². The summed E-state index contributed by atoms with van der Waals surface area (Å²) in [6.45, 7) is 4.99. The predicted molar refractivity (Wildman–Crippen MR) is 87.3 cm³/mol. The molecule has 0 aliphatic rings. The summed E-state index contributed by atoms with van der Waals surface area (Å²) >= 11 is 6.23. The number of benzene rings is 2. The molecule has 1 unspecified atom stereocenters. The van der Waals surface area contributed by atoms with E-state index in [1.54, 1.807) is 6.07 Å². The molecule has 1 nitrogen and oxygen atoms in total. The number of nitrogens with one attached hydrogen (secondary N) is 1. The van der Waals surface area contributed by atoms with Gasteiger partial charge in [0.1, 0.15) is 5.82 Å². The lowest BCUT2D eigenvalue weighted by molar-refractivity contribution is 0.510. The molecule has 0 saturated heterocycles. The van der Waals surface area contributed by atoms with Gasteiger partial charge in [0.15, 0.2) is 0 Å². The van der Waals surface area contributed by atoms with E-state index in [1.807, 2.05) is 13.0 Å². The number of rotatable bonds is 6. The average molecular weight is 306 g/mol. The molecule has 112 valence electrons. The zero-order chi connectivity index (χ0) is 15.2. The molecule has 2 aromatic rings. The molecule has 0 amide bonds. The maximum atomic E-state index is 13.5. The highest BCUT2D eigenvalue weighted by Crippen LogP contribution is 2.27. The molecule has 3 heteroatoms. The van der Waals surface area contributed by atoms with E-state index in [0.29, 0.717) is 5.02 Å². The standard InChI is InChI=1S/C18H21ClFN/c1-3-21-18(16-12-15(20)9-10-17(16)19)11-8-14-7-5-4-6-13(14)2/h4-7,9-10,12,18,21H,3,8,11H2,1-2H3. The molecular formula is C18H21ClFN. The predicted octanol–water partition coefficient (Wildman–Crippen LogP) is 5.07. The van der Waals surface area contributed by atoms with Crippen molar-refractivity contribution in [3.63, 3.8) is 0 Å². The molecule has 0 aromatic heterocycles. The first-order valence-corrected chi connectivity index (χ1v) is 7.72. The van der Waals surface area contributed by atoms with Crippen molar-refractivity contribution in [3.8, 4) is 0 Å². The van der Waals surface area contributed by atoms with Crippen molar-refractivity contribution in [1.82, 2.24) is 5.32 Å². The lowest BCUT2D eigenvalue weighted by Crippen LogP contribution is -2.22. The van der Waals surface area contributed by atoms with Crippen molar-refractivity contribution in [2.24, 2.45) is 0 Å². The Balaban J connectivity index is 2.16. The number of hydrogen-bond donors (Lipinski definition) is 1. The van der Waals surface area contributed by atoms with Gasteiger partial charge in [-0.25, -0.2) is 4.39 Å². The van der Waals surface area contributed by atoms with Crippen molar-refractivity contribution in [2.75, 3.05) is 6.54 Å². The van der Waals surface area contributed by atoms with Crippen LogP contribution < -0.4 is 5.32 Å². The van der Waals surface area contributed by atoms with Gasteiger partial charge in [-0.15, -0.1) is 0 Å². The van der Waals surface area contributed by atoms with Crippen LogP contribution in [-0.4, -0.2) is 6.54 Å². The quantitative estimate of drug-likeness (QED) is 0.785. The molecule has 0 fully saturated rings. The summed E-state index contributed by atoms with van der Waals surface area (Å²) in [6, 6.07) is 13.0. The molecular weight excluding hydrogens is 285 g/mol. The van der Waals surface area contributed by atoms with Crippen LogP contribution in [0.5, 0.6) is 0 Å². The fourth-order valence-corrected chi connectivity index (χ4v) is 2.84. The Morgan fingerprint density at radius 3 is 2.67 bits per heavy atom. The molecule has 0 aliphatic heterocycles. The second-order valence-corrected chi connectivity index (χ2v) is 5.65. The SMILES string of the molecule is CCNC(CCc1ccccc1C)c1cc(F)ccc1Cl. The summed E-state index contributed by atoms with van der Waals surface area (Å²) in [4.78, 5) is 0. The van der Waals surface area contributed by atoms with Crippen molar-refractivity contribution in [3.05, 3.63) is 70.0 Å². The zero-order valence-electron chi connectivity index (χ0n) is 12.5. The Kier molecular flexibility index (Phi) is 5.77. The highest BCUT2D eigenvalue weighted by Gasteiger charge is 2.15. The van der Waals surface area contributed by atoms with Crippen LogP contribution in [0.4, 0.5) is 4.39 Å². The second-order valence-electron chi connectivity index (χ2n) is 5.24. The van der Waals surface area contributed by atoms with Gasteiger partial charge >= 0.3 is 0 Å². The monoisotopic (exact) mass is 305 g/mol. The third kappa shape index (κ3) is 4.29. The van der Waals surface area contributed by atoms with E-state index >= 15 is 0 Å². The molecule has 0 spiro atoms. The van der Waals surface area contributed by atoms with Crippen LogP contribution in [0.1, 0.15) is 36.1 Å². The van der Waals surface area contributed by atoms with E-state index in [2.05, 4.69) is 30.4 Å². The maximum absolute atomic E-state index is 13.5. The molecule has 0 saturated carbocycles. The Hall–Kier alpha value is -1.38. The van der Waals surface area contributed by atoms with E-state index in [0.717, 1.165) is 24.9 Å². The van der Waals surface area contributed by atoms with Crippen LogP contribution in [0.2, 0.25) is 5.02 Å². The Morgan fingerprint density at radius 2 is 1.95 bits per heavy atom. The minimum Gasteiger partial charge on any atom is -0.310 e. The topological polar surface area (TPSA) is 12.0 Å². The summed E-state index contributed by atoms with van der Waals surface area (Å²) in [5.74, 6) is -0.242. The Labute approximate surface area is 131 Å². The van der Waals surface area contributed by atoms with Gasteiger partial charge < -0.3 is 5.32 Å². The summed E-state index contributed by atoms with van der Waals surface area (Å²) in [6.07, 6.45) is 1.83. The van der Waals surface area contributed by atoms with Gasteiger partial charge in [0, 0.05) is 11.1 Å². The van der Waals surface area contributed by atoms with Crippen molar-refractivity contribution in [2.45, 2.75) is 32.7 Å². The van der Waals surface area contributed by atoms with E-state index in [-0.39, 0.29) is 11.9 Å². The first-order valence-electron chi connectivity index (χ1n) is 7.34. The number of halogens is 2. The third-order valence-corrected chi connectivity index (χ3v) is 4.09. The van der Waals surface area contributed by atoms with E-state index in [9.17, 15) is 4.39 Å². The molecule has 2 rings (SSSR count). The van der Waals surface area contributed by atoms with Crippen molar-refractivity contribution < 1.29 is 4.39 Å². The number of hydrogen-bond acceptors (Lipinski definition) is 1. The second kappa shape index (κ2) is 7.58. The Morgan fingerprint density at radius 1 is 1.19 bits per heavy atom. The minimum absolute atomic E-state index is 0.0674. The van der Waals surface area contributed by atoms with Crippen molar-refractivity contribution in [1.29, 1.82) is 0 Å². The highest BCUT2D eigenvalue weighted by atomic mass is 35.5. The minimum atomic E-state index is -0.242. The zero-order valence-corrected chi connectivity index (χ0v) is 13.3. The molecule has 21 heavy (non-hydrogen) atoms. The van der Waals surface area contributed by atoms with Gasteiger partial charge in [0.05, 0.1) is 0 Å². The molecule has 0 heterocycles. The third-order valence-electron chi connectivity index (χ3n) is 3.75. The van der Waals surface area contributed by atoms with E-state index in [4.69, 9.17) is 11.6 Å². The van der Waals surface area contributed by atoms with Crippen molar-refractivity contribution >= 4 is 11.6 Å². The summed E-state index contributed by atoms with van der Waals surface area (Å²) in [7, 11) is 0. The average Bonchev–Trinajstić information content (AvgIpc) is 2.48. The van der Waals surface area contributed by atoms with Crippen LogP contribution >= 0.6 is 11.6 Å². The lowest BCUT2D eigenvalue weighted by Gasteiger charge is -2.20. The van der Waals surface area contributed by atoms with Gasteiger partial charge in [-0.2, -0.15) is 0 Å². The van der Waals surface area contributed by atoms with Crippen LogP contribution in [-0.2, 0) is 6.42 Å². The molecule has 1 atom stereocenters. The van der Waals surface area contributed by atoms with Crippen LogP contribution in [0.3, 0.4) is 0 Å². The first kappa shape index (κ1) is 16.0. The molecule has 1 N–H and O–H groups in total. The van der Waals surface area contributed by atoms with Gasteiger partial charge in [-0.3, -0.25) is 0 Å². The summed E-state index contributed by atoms with van der Waals surface area (Å²) < 4.78 is 13.5. The molecule has 2 aromatic carbocycles. The van der Waals surface area contributed by atoms with E-state index < -0.39 is 0 Å². The normalized spacial score (nSPS) is 12.4. The van der Waals surface area contributed by atoms with Crippen LogP contribution in [0.15, 0.2) is 42.5 Å². The maximum Gasteiger partial charge on any atom is 0.123 e. The van der Waals surface area contributed by atoms with Crippen LogP contribution in [0.25, 0.3) is 0 Å². The van der Waals surface area contributed by atoms with Gasteiger partial charge in [-0.05, 0) is 61.2 Å². The fourth-order valence-electron chi connectivity index (χ4n) is 2.59. The molecule has 0 aliphatic carbocycles. The number of aryl methyl sites for hydroxylation is 2. The lowest BCUT2D eigenvalue weighted by atomic mass is 9.96. The molecule has 0 bridgehead atoms.